The molecule has 2 aromatic rings. The fourth-order valence-electron chi connectivity index (χ4n) is 1.76. The summed E-state index contributed by atoms with van der Waals surface area (Å²) in [7, 11) is -0.0221. The summed E-state index contributed by atoms with van der Waals surface area (Å²) in [6, 6.07) is 5.77. The molecule has 0 aliphatic carbocycles. The van der Waals surface area contributed by atoms with Crippen molar-refractivity contribution in [2.24, 2.45) is 7.05 Å². The van der Waals surface area contributed by atoms with E-state index >= 15 is 0 Å². The van der Waals surface area contributed by atoms with Crippen LogP contribution in [0.25, 0.3) is 0 Å². The number of aryl methyl sites for hydroxylation is 2. The van der Waals surface area contributed by atoms with E-state index in [0.29, 0.717) is 5.75 Å². The first-order valence-electron chi connectivity index (χ1n) is 5.75. The van der Waals surface area contributed by atoms with Crippen molar-refractivity contribution >= 4 is 12.6 Å². The number of aromatic nitrogens is 2. The van der Waals surface area contributed by atoms with Gasteiger partial charge in [0.2, 0.25) is 0 Å². The molecule has 100 valence electrons. The quantitative estimate of drug-likeness (QED) is 0.770. The van der Waals surface area contributed by atoms with Crippen LogP contribution in [0.2, 0.25) is 0 Å². The molecule has 19 heavy (non-hydrogen) atoms. The van der Waals surface area contributed by atoms with Crippen molar-refractivity contribution in [3.63, 3.8) is 0 Å². The molecule has 5 nitrogen and oxygen atoms in total. The Kier molecular flexibility index (Phi) is 3.87. The maximum Gasteiger partial charge on any atom is 0.491 e. The Bertz CT molecular complexity index is 586. The van der Waals surface area contributed by atoms with Crippen LogP contribution in [0.1, 0.15) is 11.4 Å². The van der Waals surface area contributed by atoms with Gasteiger partial charge in [0.1, 0.15) is 18.2 Å². The van der Waals surface area contributed by atoms with Crippen molar-refractivity contribution in [2.45, 2.75) is 13.5 Å². The van der Waals surface area contributed by atoms with Crippen molar-refractivity contribution in [2.75, 3.05) is 0 Å². The fourth-order valence-corrected chi connectivity index (χ4v) is 1.76. The summed E-state index contributed by atoms with van der Waals surface area (Å²) in [4.78, 5) is 0. The zero-order chi connectivity index (χ0) is 14.0. The van der Waals surface area contributed by atoms with Crippen LogP contribution in [0, 0.1) is 12.7 Å². The highest BCUT2D eigenvalue weighted by Gasteiger charge is 2.16. The molecule has 0 atom stereocenters. The Morgan fingerprint density at radius 3 is 2.63 bits per heavy atom. The number of hydrogen-bond acceptors (Lipinski definition) is 4. The van der Waals surface area contributed by atoms with Crippen molar-refractivity contribution in [3.8, 4) is 5.75 Å². The number of halogens is 1. The summed E-state index contributed by atoms with van der Waals surface area (Å²) >= 11 is 0. The third-order valence-corrected chi connectivity index (χ3v) is 2.74. The number of ether oxygens (including phenoxy) is 1. The minimum absolute atomic E-state index is 0.177. The van der Waals surface area contributed by atoms with E-state index < -0.39 is 12.9 Å². The highest BCUT2D eigenvalue weighted by molar-refractivity contribution is 6.58. The van der Waals surface area contributed by atoms with Crippen molar-refractivity contribution in [3.05, 3.63) is 41.5 Å². The molecule has 7 heteroatoms. The largest absolute Gasteiger partial charge is 0.491 e. The highest BCUT2D eigenvalue weighted by atomic mass is 19.1. The Morgan fingerprint density at radius 1 is 1.37 bits per heavy atom. The monoisotopic (exact) mass is 264 g/mol. The Hall–Kier alpha value is -1.86. The molecule has 0 saturated heterocycles. The van der Waals surface area contributed by atoms with Gasteiger partial charge >= 0.3 is 7.12 Å². The molecular weight excluding hydrogens is 250 g/mol. The topological polar surface area (TPSA) is 67.5 Å². The van der Waals surface area contributed by atoms with Crippen LogP contribution >= 0.6 is 0 Å². The standard InChI is InChI=1S/C12H14BFN2O3/c1-8-5-9(16(2)15-8)7-19-10-3-4-11(13(17)18)12(14)6-10/h3-6,17-18H,7H2,1-2H3. The third kappa shape index (κ3) is 3.13. The van der Waals surface area contributed by atoms with Gasteiger partial charge in [-0.1, -0.05) is 6.07 Å². The number of hydrogen-bond donors (Lipinski definition) is 2. The van der Waals surface area contributed by atoms with Gasteiger partial charge in [0.15, 0.2) is 0 Å². The van der Waals surface area contributed by atoms with Gasteiger partial charge in [0, 0.05) is 18.6 Å². The summed E-state index contributed by atoms with van der Waals surface area (Å²) < 4.78 is 20.6. The molecule has 0 unspecified atom stereocenters. The first-order chi connectivity index (χ1) is 8.97. The van der Waals surface area contributed by atoms with Crippen LogP contribution in [0.4, 0.5) is 4.39 Å². The first-order valence-corrected chi connectivity index (χ1v) is 5.75. The number of nitrogens with zero attached hydrogens (tertiary/aromatic N) is 2. The van der Waals surface area contributed by atoms with Gasteiger partial charge in [0.25, 0.3) is 0 Å². The molecule has 1 aromatic heterocycles. The first kappa shape index (κ1) is 13.6. The lowest BCUT2D eigenvalue weighted by atomic mass is 9.80. The molecule has 0 amide bonds. The van der Waals surface area contributed by atoms with Crippen molar-refractivity contribution < 1.29 is 19.2 Å². The van der Waals surface area contributed by atoms with Gasteiger partial charge in [-0.3, -0.25) is 4.68 Å². The molecule has 0 fully saturated rings. The zero-order valence-corrected chi connectivity index (χ0v) is 10.7. The summed E-state index contributed by atoms with van der Waals surface area (Å²) in [5.41, 5.74) is 1.57. The van der Waals surface area contributed by atoms with Crippen molar-refractivity contribution in [1.82, 2.24) is 9.78 Å². The summed E-state index contributed by atoms with van der Waals surface area (Å²) in [5, 5.41) is 22.0. The molecule has 0 saturated carbocycles. The SMILES string of the molecule is Cc1cc(COc2ccc(B(O)O)c(F)c2)n(C)n1. The van der Waals surface area contributed by atoms with Gasteiger partial charge < -0.3 is 14.8 Å². The second kappa shape index (κ2) is 5.42. The van der Waals surface area contributed by atoms with Gasteiger partial charge in [0.05, 0.1) is 11.4 Å². The van der Waals surface area contributed by atoms with Gasteiger partial charge in [-0.2, -0.15) is 5.10 Å². The fraction of sp³-hybridized carbons (Fsp3) is 0.250. The Labute approximate surface area is 110 Å². The molecule has 1 aromatic carbocycles. The summed E-state index contributed by atoms with van der Waals surface area (Å²) in [5.74, 6) is -0.394. The van der Waals surface area contributed by atoms with E-state index in [1.807, 2.05) is 13.0 Å². The predicted octanol–water partition coefficient (Wildman–Crippen LogP) is 0.126. The summed E-state index contributed by atoms with van der Waals surface area (Å²) in [6.45, 7) is 2.14. The lowest BCUT2D eigenvalue weighted by Gasteiger charge is -2.08. The third-order valence-electron chi connectivity index (χ3n) is 2.74. The van der Waals surface area contributed by atoms with Crippen LogP contribution in [0.5, 0.6) is 5.75 Å². The highest BCUT2D eigenvalue weighted by Crippen LogP contribution is 2.13. The van der Waals surface area contributed by atoms with Gasteiger partial charge in [-0.05, 0) is 19.1 Å². The maximum absolute atomic E-state index is 13.5. The Balaban J connectivity index is 2.08. The van der Waals surface area contributed by atoms with Gasteiger partial charge in [-0.25, -0.2) is 4.39 Å². The van der Waals surface area contributed by atoms with Crippen LogP contribution < -0.4 is 10.2 Å². The minimum Gasteiger partial charge on any atom is -0.487 e. The molecule has 0 radical (unpaired) electrons. The lowest BCUT2D eigenvalue weighted by molar-refractivity contribution is 0.293. The molecular formula is C12H14BFN2O3. The maximum atomic E-state index is 13.5. The van der Waals surface area contributed by atoms with Crippen LogP contribution in [-0.4, -0.2) is 26.9 Å². The average molecular weight is 264 g/mol. The van der Waals surface area contributed by atoms with E-state index in [-0.39, 0.29) is 12.1 Å². The lowest BCUT2D eigenvalue weighted by Crippen LogP contribution is -2.32. The van der Waals surface area contributed by atoms with E-state index in [1.165, 1.54) is 12.1 Å². The second-order valence-corrected chi connectivity index (χ2v) is 4.25. The zero-order valence-electron chi connectivity index (χ0n) is 10.7. The van der Waals surface area contributed by atoms with E-state index in [0.717, 1.165) is 17.5 Å². The molecule has 2 rings (SSSR count). The normalized spacial score (nSPS) is 10.6. The van der Waals surface area contributed by atoms with E-state index in [9.17, 15) is 4.39 Å². The molecule has 0 aliphatic heterocycles. The summed E-state index contributed by atoms with van der Waals surface area (Å²) in [6.07, 6.45) is 0. The van der Waals surface area contributed by atoms with Crippen LogP contribution in [0.3, 0.4) is 0 Å². The van der Waals surface area contributed by atoms with E-state index in [4.69, 9.17) is 14.8 Å². The molecule has 1 heterocycles. The molecule has 0 aliphatic rings. The molecule has 0 bridgehead atoms. The number of benzene rings is 1. The van der Waals surface area contributed by atoms with E-state index in [2.05, 4.69) is 5.10 Å². The van der Waals surface area contributed by atoms with Crippen LogP contribution in [-0.2, 0) is 13.7 Å². The van der Waals surface area contributed by atoms with Gasteiger partial charge in [-0.15, -0.1) is 0 Å². The number of rotatable bonds is 4. The second-order valence-electron chi connectivity index (χ2n) is 4.25. The van der Waals surface area contributed by atoms with Crippen LogP contribution in [0.15, 0.2) is 24.3 Å². The molecule has 0 spiro atoms. The average Bonchev–Trinajstić information content (AvgIpc) is 2.65. The molecule has 2 N–H and O–H groups in total. The minimum atomic E-state index is -1.83. The Morgan fingerprint density at radius 2 is 2.11 bits per heavy atom. The predicted molar refractivity (Wildman–Crippen MR) is 68.5 cm³/mol. The van der Waals surface area contributed by atoms with Crippen molar-refractivity contribution in [1.29, 1.82) is 0 Å². The smallest absolute Gasteiger partial charge is 0.487 e. The van der Waals surface area contributed by atoms with E-state index in [1.54, 1.807) is 11.7 Å².